The predicted octanol–water partition coefficient (Wildman–Crippen LogP) is 9.18. The van der Waals surface area contributed by atoms with Crippen LogP contribution in [0.4, 0.5) is 0 Å². The van der Waals surface area contributed by atoms with E-state index in [1.54, 1.807) is 0 Å². The number of fused-ring (bicyclic) bond motifs is 1. The van der Waals surface area contributed by atoms with Crippen molar-refractivity contribution >= 4 is 10.9 Å². The van der Waals surface area contributed by atoms with Crippen molar-refractivity contribution in [1.82, 2.24) is 4.57 Å². The van der Waals surface area contributed by atoms with Gasteiger partial charge in [0, 0.05) is 18.0 Å². The Morgan fingerprint density at radius 3 is 2.18 bits per heavy atom. The molecule has 216 valence electrons. The first-order chi connectivity index (χ1) is 18.8. The summed E-state index contributed by atoms with van der Waals surface area (Å²) in [5, 5.41) is 0.871. The largest absolute Gasteiger partial charge is 0.494 e. The second-order valence-electron chi connectivity index (χ2n) is 10.8. The number of hydrogen-bond donors (Lipinski definition) is 0. The summed E-state index contributed by atoms with van der Waals surface area (Å²) in [5.74, 6) is 1.57. The van der Waals surface area contributed by atoms with E-state index in [4.69, 9.17) is 14.2 Å². The molecule has 0 spiro atoms. The van der Waals surface area contributed by atoms with Crippen molar-refractivity contribution in [3.63, 3.8) is 0 Å². The molecule has 0 aliphatic heterocycles. The van der Waals surface area contributed by atoms with Gasteiger partial charge < -0.3 is 18.8 Å². The molecule has 0 aliphatic carbocycles. The minimum atomic E-state index is -0.147. The maximum Gasteiger partial charge on any atom is 0.297 e. The number of aryl methyl sites for hydroxylation is 1. The van der Waals surface area contributed by atoms with E-state index < -0.39 is 0 Å². The van der Waals surface area contributed by atoms with Crippen molar-refractivity contribution < 1.29 is 14.2 Å². The second kappa shape index (κ2) is 17.6. The summed E-state index contributed by atoms with van der Waals surface area (Å²) in [5.41, 5.74) is 4.42. The SMILES string of the molecule is CCCCCCn1c(=O)c(OCC=C(C)C)c(OC/C=C(\C)CCC=C(C)C)c2ccc(OCCCC)cc21. The van der Waals surface area contributed by atoms with Gasteiger partial charge in [0.15, 0.2) is 5.75 Å². The van der Waals surface area contributed by atoms with Gasteiger partial charge in [0.25, 0.3) is 5.56 Å². The molecule has 5 heteroatoms. The number of hydrogen-bond acceptors (Lipinski definition) is 4. The highest BCUT2D eigenvalue weighted by Crippen LogP contribution is 2.35. The van der Waals surface area contributed by atoms with Gasteiger partial charge in [0.2, 0.25) is 5.75 Å². The molecule has 0 bridgehead atoms. The summed E-state index contributed by atoms with van der Waals surface area (Å²) in [6.45, 7) is 16.8. The molecule has 5 nitrogen and oxygen atoms in total. The molecule has 0 aliphatic rings. The number of pyridine rings is 1. The number of unbranched alkanes of at least 4 members (excludes halogenated alkanes) is 4. The van der Waals surface area contributed by atoms with Crippen molar-refractivity contribution in [2.45, 2.75) is 106 Å². The molecule has 1 aromatic carbocycles. The van der Waals surface area contributed by atoms with Crippen molar-refractivity contribution in [2.75, 3.05) is 19.8 Å². The van der Waals surface area contributed by atoms with Crippen LogP contribution in [0.1, 0.15) is 99.8 Å². The minimum Gasteiger partial charge on any atom is -0.494 e. The van der Waals surface area contributed by atoms with E-state index in [9.17, 15) is 4.79 Å². The molecular weight excluding hydrogens is 486 g/mol. The summed E-state index contributed by atoms with van der Waals surface area (Å²) >= 11 is 0. The fourth-order valence-corrected chi connectivity index (χ4v) is 4.24. The minimum absolute atomic E-state index is 0.147. The Morgan fingerprint density at radius 2 is 1.49 bits per heavy atom. The maximum atomic E-state index is 13.9. The van der Waals surface area contributed by atoms with Crippen LogP contribution in [0.25, 0.3) is 10.9 Å². The first kappa shape index (κ1) is 32.3. The van der Waals surface area contributed by atoms with E-state index >= 15 is 0 Å². The Balaban J connectivity index is 2.52. The van der Waals surface area contributed by atoms with Gasteiger partial charge in [-0.2, -0.15) is 0 Å². The standard InChI is InChI=1S/C34H51NO4/c1-8-10-12-13-21-35-31-25-29(37-22-11-9-2)17-18-30(31)32(33(34(35)36)39-23-19-27(5)6)38-24-20-28(7)16-14-15-26(3)4/h15,17-20,25H,8-14,16,21-24H2,1-7H3/b28-20+. The lowest BCUT2D eigenvalue weighted by atomic mass is 10.1. The highest BCUT2D eigenvalue weighted by atomic mass is 16.5. The number of benzene rings is 1. The molecule has 0 N–H and O–H groups in total. The molecule has 0 radical (unpaired) electrons. The molecule has 0 saturated carbocycles. The van der Waals surface area contributed by atoms with Crippen LogP contribution in [-0.2, 0) is 6.54 Å². The molecule has 0 atom stereocenters. The molecule has 1 heterocycles. The molecular formula is C34H51NO4. The first-order valence-corrected chi connectivity index (χ1v) is 14.8. The smallest absolute Gasteiger partial charge is 0.297 e. The molecule has 0 amide bonds. The molecule has 0 unspecified atom stereocenters. The Morgan fingerprint density at radius 1 is 0.795 bits per heavy atom. The van der Waals surface area contributed by atoms with E-state index in [-0.39, 0.29) is 11.3 Å². The van der Waals surface area contributed by atoms with Crippen LogP contribution in [0, 0.1) is 0 Å². The summed E-state index contributed by atoms with van der Waals surface area (Å²) in [6, 6.07) is 5.96. The summed E-state index contributed by atoms with van der Waals surface area (Å²) in [6.07, 6.45) is 14.7. The van der Waals surface area contributed by atoms with Gasteiger partial charge in [-0.15, -0.1) is 0 Å². The number of rotatable bonds is 18. The second-order valence-corrected chi connectivity index (χ2v) is 10.8. The van der Waals surface area contributed by atoms with Gasteiger partial charge in [-0.25, -0.2) is 0 Å². The van der Waals surface area contributed by atoms with Crippen molar-refractivity contribution in [3.8, 4) is 17.2 Å². The third-order valence-corrected chi connectivity index (χ3v) is 6.62. The monoisotopic (exact) mass is 537 g/mol. The Hall–Kier alpha value is -2.95. The molecule has 39 heavy (non-hydrogen) atoms. The van der Waals surface area contributed by atoms with Gasteiger partial charge in [0.05, 0.1) is 12.1 Å². The Bertz CT molecular complexity index is 1180. The normalized spacial score (nSPS) is 11.4. The summed E-state index contributed by atoms with van der Waals surface area (Å²) in [4.78, 5) is 13.9. The third-order valence-electron chi connectivity index (χ3n) is 6.62. The number of nitrogens with zero attached hydrogens (tertiary/aromatic N) is 1. The van der Waals surface area contributed by atoms with Gasteiger partial charge >= 0.3 is 0 Å². The Labute approximate surface area is 236 Å². The predicted molar refractivity (Wildman–Crippen MR) is 166 cm³/mol. The molecule has 2 rings (SSSR count). The number of ether oxygens (including phenoxy) is 3. The molecule has 1 aromatic heterocycles. The van der Waals surface area contributed by atoms with Crippen LogP contribution < -0.4 is 19.8 Å². The lowest BCUT2D eigenvalue weighted by molar-refractivity contribution is 0.303. The zero-order valence-electron chi connectivity index (χ0n) is 25.5. The average Bonchev–Trinajstić information content (AvgIpc) is 2.89. The van der Waals surface area contributed by atoms with Gasteiger partial charge in [-0.05, 0) is 84.6 Å². The Kier molecular flexibility index (Phi) is 14.6. The van der Waals surface area contributed by atoms with E-state index in [0.29, 0.717) is 32.1 Å². The van der Waals surface area contributed by atoms with Gasteiger partial charge in [0.1, 0.15) is 19.0 Å². The average molecular weight is 538 g/mol. The maximum absolute atomic E-state index is 13.9. The van der Waals surface area contributed by atoms with Crippen LogP contribution in [0.5, 0.6) is 17.2 Å². The lowest BCUT2D eigenvalue weighted by Gasteiger charge is -2.19. The first-order valence-electron chi connectivity index (χ1n) is 14.8. The quantitative estimate of drug-likeness (QED) is 0.140. The molecule has 0 saturated heterocycles. The van der Waals surface area contributed by atoms with E-state index in [1.165, 1.54) is 11.1 Å². The van der Waals surface area contributed by atoms with Crippen LogP contribution in [0.3, 0.4) is 0 Å². The van der Waals surface area contributed by atoms with Crippen LogP contribution in [0.15, 0.2) is 57.9 Å². The van der Waals surface area contributed by atoms with Crippen molar-refractivity contribution in [3.05, 3.63) is 63.5 Å². The summed E-state index contributed by atoms with van der Waals surface area (Å²) < 4.78 is 20.3. The van der Waals surface area contributed by atoms with Crippen molar-refractivity contribution in [1.29, 1.82) is 0 Å². The zero-order chi connectivity index (χ0) is 28.6. The summed E-state index contributed by atoms with van der Waals surface area (Å²) in [7, 11) is 0. The topological polar surface area (TPSA) is 49.7 Å². The zero-order valence-corrected chi connectivity index (χ0v) is 25.5. The highest BCUT2D eigenvalue weighted by Gasteiger charge is 2.20. The number of aromatic nitrogens is 1. The fourth-order valence-electron chi connectivity index (χ4n) is 4.24. The molecule has 2 aromatic rings. The van der Waals surface area contributed by atoms with Gasteiger partial charge in [-0.3, -0.25) is 4.79 Å². The van der Waals surface area contributed by atoms with Gasteiger partial charge in [-0.1, -0.05) is 62.3 Å². The lowest BCUT2D eigenvalue weighted by Crippen LogP contribution is -2.24. The number of allylic oxidation sites excluding steroid dienone is 4. The fraction of sp³-hybridized carbons (Fsp3) is 0.559. The highest BCUT2D eigenvalue weighted by molar-refractivity contribution is 5.89. The van der Waals surface area contributed by atoms with Crippen molar-refractivity contribution in [2.24, 2.45) is 0 Å². The van der Waals surface area contributed by atoms with Crippen LogP contribution in [0.2, 0.25) is 0 Å². The van der Waals surface area contributed by atoms with Crippen LogP contribution >= 0.6 is 0 Å². The van der Waals surface area contributed by atoms with E-state index in [0.717, 1.165) is 73.6 Å². The third kappa shape index (κ3) is 11.0. The van der Waals surface area contributed by atoms with E-state index in [2.05, 4.69) is 46.8 Å². The van der Waals surface area contributed by atoms with Crippen LogP contribution in [-0.4, -0.2) is 24.4 Å². The van der Waals surface area contributed by atoms with E-state index in [1.807, 2.05) is 42.7 Å². The molecule has 0 fully saturated rings.